The molecule has 1 saturated heterocycles. The lowest BCUT2D eigenvalue weighted by Crippen LogP contribution is -2.49. The number of esters is 1. The predicted octanol–water partition coefficient (Wildman–Crippen LogP) is 3.46. The molecule has 2 rings (SSSR count). The molecule has 1 aromatic heterocycles. The van der Waals surface area contributed by atoms with Gasteiger partial charge in [0.2, 0.25) is 0 Å². The van der Waals surface area contributed by atoms with E-state index in [1.165, 1.54) is 19.3 Å². The van der Waals surface area contributed by atoms with Gasteiger partial charge in [0.05, 0.1) is 13.0 Å². The van der Waals surface area contributed by atoms with E-state index in [1.54, 1.807) is 0 Å². The minimum absolute atomic E-state index is 0.0223. The summed E-state index contributed by atoms with van der Waals surface area (Å²) >= 11 is 0. The first-order valence-corrected chi connectivity index (χ1v) is 8.93. The first kappa shape index (κ1) is 18.6. The number of carbonyl (C=O) groups excluding carboxylic acids is 1. The van der Waals surface area contributed by atoms with Crippen LogP contribution >= 0.6 is 0 Å². The number of likely N-dealkylation sites (tertiary alicyclic amines) is 1. The summed E-state index contributed by atoms with van der Waals surface area (Å²) in [6.45, 7) is 9.96. The van der Waals surface area contributed by atoms with Crippen molar-refractivity contribution in [1.82, 2.24) is 14.9 Å². The Kier molecular flexibility index (Phi) is 7.37. The molecule has 2 heterocycles. The monoisotopic (exact) mass is 331 g/mol. The quantitative estimate of drug-likeness (QED) is 0.373. The summed E-state index contributed by atoms with van der Waals surface area (Å²) in [5.74, 6) is 1.32. The van der Waals surface area contributed by atoms with Crippen LogP contribution in [0.4, 0.5) is 0 Å². The van der Waals surface area contributed by atoms with Crippen LogP contribution in [-0.2, 0) is 9.53 Å². The zero-order chi connectivity index (χ0) is 17.4. The van der Waals surface area contributed by atoms with Crippen LogP contribution in [-0.4, -0.2) is 40.5 Å². The number of allylic oxidation sites excluding steroid dienone is 1. The molecule has 0 spiro atoms. The van der Waals surface area contributed by atoms with Crippen molar-refractivity contribution in [3.8, 4) is 0 Å². The second-order valence-corrected chi connectivity index (χ2v) is 6.48. The van der Waals surface area contributed by atoms with Gasteiger partial charge in [-0.05, 0) is 39.0 Å². The van der Waals surface area contributed by atoms with E-state index < -0.39 is 0 Å². The molecule has 0 radical (unpaired) electrons. The molecule has 1 aromatic rings. The Balaban J connectivity index is 1.91. The maximum absolute atomic E-state index is 12.0. The maximum atomic E-state index is 12.0. The van der Waals surface area contributed by atoms with E-state index in [4.69, 9.17) is 4.74 Å². The van der Waals surface area contributed by atoms with Gasteiger partial charge in [-0.1, -0.05) is 12.5 Å². The van der Waals surface area contributed by atoms with Crippen LogP contribution in [0.15, 0.2) is 25.0 Å². The van der Waals surface area contributed by atoms with E-state index >= 15 is 0 Å². The lowest BCUT2D eigenvalue weighted by Gasteiger charge is -2.44. The lowest BCUT2D eigenvalue weighted by molar-refractivity contribution is -0.145. The van der Waals surface area contributed by atoms with E-state index in [2.05, 4.69) is 21.4 Å². The van der Waals surface area contributed by atoms with Gasteiger partial charge in [-0.2, -0.15) is 0 Å². The average Bonchev–Trinajstić information content (AvgIpc) is 2.52. The third-order valence-corrected chi connectivity index (χ3v) is 4.55. The first-order valence-electron chi connectivity index (χ1n) is 8.93. The Morgan fingerprint density at radius 2 is 2.12 bits per heavy atom. The molecular formula is C19H29N3O2. The fraction of sp³-hybridized carbons (Fsp3) is 0.632. The average molecular weight is 331 g/mol. The van der Waals surface area contributed by atoms with Gasteiger partial charge in [0.1, 0.15) is 5.82 Å². The molecule has 0 aliphatic carbocycles. The van der Waals surface area contributed by atoms with Crippen molar-refractivity contribution in [2.24, 2.45) is 5.92 Å². The topological polar surface area (TPSA) is 55.3 Å². The Morgan fingerprint density at radius 1 is 1.42 bits per heavy atom. The highest BCUT2D eigenvalue weighted by atomic mass is 16.5. The standard InChI is InChI=1S/C19H29N3O2/c1-4-6-7-8-9-16-13-22(14-16)18(10-19(23)24-5-2)17-11-20-15(3)21-12-17/h4,11-12,16,18H,1,5-10,13-14H2,2-3H3/t18-/m0/s1. The number of rotatable bonds is 10. The molecule has 0 aromatic carbocycles. The Morgan fingerprint density at radius 3 is 2.75 bits per heavy atom. The third-order valence-electron chi connectivity index (χ3n) is 4.55. The zero-order valence-electron chi connectivity index (χ0n) is 14.9. The largest absolute Gasteiger partial charge is 0.466 e. The number of carbonyl (C=O) groups is 1. The Bertz CT molecular complexity index is 524. The van der Waals surface area contributed by atoms with Crippen molar-refractivity contribution >= 4 is 5.97 Å². The minimum Gasteiger partial charge on any atom is -0.466 e. The summed E-state index contributed by atoms with van der Waals surface area (Å²) in [4.78, 5) is 22.9. The molecule has 1 atom stereocenters. The Labute approximate surface area is 145 Å². The van der Waals surface area contributed by atoms with Crippen molar-refractivity contribution in [2.75, 3.05) is 19.7 Å². The molecule has 0 saturated carbocycles. The van der Waals surface area contributed by atoms with E-state index in [9.17, 15) is 4.79 Å². The number of unbranched alkanes of at least 4 members (excludes halogenated alkanes) is 2. The SMILES string of the molecule is C=CCCCCC1CN([C@@H](CC(=O)OCC)c2cnc(C)nc2)C1. The van der Waals surface area contributed by atoms with Crippen LogP contribution in [0.1, 0.15) is 56.5 Å². The molecule has 0 amide bonds. The van der Waals surface area contributed by atoms with Gasteiger partial charge in [-0.25, -0.2) is 9.97 Å². The molecule has 0 bridgehead atoms. The van der Waals surface area contributed by atoms with Crippen molar-refractivity contribution in [1.29, 1.82) is 0 Å². The van der Waals surface area contributed by atoms with Crippen LogP contribution in [0.3, 0.4) is 0 Å². The van der Waals surface area contributed by atoms with Crippen LogP contribution in [0.5, 0.6) is 0 Å². The fourth-order valence-electron chi connectivity index (χ4n) is 3.18. The molecule has 0 N–H and O–H groups in total. The maximum Gasteiger partial charge on any atom is 0.307 e. The fourth-order valence-corrected chi connectivity index (χ4v) is 3.18. The number of aromatic nitrogens is 2. The van der Waals surface area contributed by atoms with Gasteiger partial charge in [0, 0.05) is 37.1 Å². The van der Waals surface area contributed by atoms with Gasteiger partial charge in [-0.15, -0.1) is 6.58 Å². The highest BCUT2D eigenvalue weighted by molar-refractivity contribution is 5.70. The molecule has 1 aliphatic heterocycles. The number of ether oxygens (including phenoxy) is 1. The van der Waals surface area contributed by atoms with Gasteiger partial charge in [-0.3, -0.25) is 9.69 Å². The number of aryl methyl sites for hydroxylation is 1. The van der Waals surface area contributed by atoms with Gasteiger partial charge >= 0.3 is 5.97 Å². The molecule has 132 valence electrons. The molecule has 5 heteroatoms. The van der Waals surface area contributed by atoms with Gasteiger partial charge < -0.3 is 4.74 Å². The molecular weight excluding hydrogens is 302 g/mol. The zero-order valence-corrected chi connectivity index (χ0v) is 14.9. The van der Waals surface area contributed by atoms with Gasteiger partial charge in [0.15, 0.2) is 0 Å². The third kappa shape index (κ3) is 5.41. The first-order chi connectivity index (χ1) is 11.6. The van der Waals surface area contributed by atoms with Crippen LogP contribution < -0.4 is 0 Å². The highest BCUT2D eigenvalue weighted by Crippen LogP contribution is 2.33. The summed E-state index contributed by atoms with van der Waals surface area (Å²) in [7, 11) is 0. The summed E-state index contributed by atoms with van der Waals surface area (Å²) in [5.41, 5.74) is 0.999. The van der Waals surface area contributed by atoms with E-state index in [0.29, 0.717) is 13.0 Å². The summed E-state index contributed by atoms with van der Waals surface area (Å²) < 4.78 is 5.14. The number of hydrogen-bond acceptors (Lipinski definition) is 5. The summed E-state index contributed by atoms with van der Waals surface area (Å²) in [6, 6.07) is 0.0223. The van der Waals surface area contributed by atoms with Crippen LogP contribution in [0.2, 0.25) is 0 Å². The number of hydrogen-bond donors (Lipinski definition) is 0. The minimum atomic E-state index is -0.155. The Hall–Kier alpha value is -1.75. The second kappa shape index (κ2) is 9.52. The van der Waals surface area contributed by atoms with Crippen molar-refractivity contribution in [3.63, 3.8) is 0 Å². The van der Waals surface area contributed by atoms with E-state index in [-0.39, 0.29) is 12.0 Å². The van der Waals surface area contributed by atoms with Crippen molar-refractivity contribution in [2.45, 2.75) is 52.0 Å². The highest BCUT2D eigenvalue weighted by Gasteiger charge is 2.34. The summed E-state index contributed by atoms with van der Waals surface area (Å²) in [5, 5.41) is 0. The predicted molar refractivity (Wildman–Crippen MR) is 94.5 cm³/mol. The summed E-state index contributed by atoms with van der Waals surface area (Å²) in [6.07, 6.45) is 10.8. The second-order valence-electron chi connectivity index (χ2n) is 6.48. The van der Waals surface area contributed by atoms with E-state index in [1.807, 2.05) is 32.3 Å². The molecule has 1 aliphatic rings. The molecule has 5 nitrogen and oxygen atoms in total. The van der Waals surface area contributed by atoms with E-state index in [0.717, 1.165) is 36.8 Å². The van der Waals surface area contributed by atoms with Gasteiger partial charge in [0.25, 0.3) is 0 Å². The smallest absolute Gasteiger partial charge is 0.307 e. The van der Waals surface area contributed by atoms with Crippen LogP contribution in [0, 0.1) is 12.8 Å². The molecule has 1 fully saturated rings. The lowest BCUT2D eigenvalue weighted by atomic mass is 9.89. The van der Waals surface area contributed by atoms with Crippen molar-refractivity contribution in [3.05, 3.63) is 36.4 Å². The molecule has 0 unspecified atom stereocenters. The molecule has 24 heavy (non-hydrogen) atoms. The number of nitrogens with zero attached hydrogens (tertiary/aromatic N) is 3. The normalized spacial score (nSPS) is 16.4. The van der Waals surface area contributed by atoms with Crippen molar-refractivity contribution < 1.29 is 9.53 Å². The van der Waals surface area contributed by atoms with Crippen LogP contribution in [0.25, 0.3) is 0 Å².